The Hall–Kier alpha value is -2.27. The third-order valence-electron chi connectivity index (χ3n) is 2.60. The predicted octanol–water partition coefficient (Wildman–Crippen LogP) is 1.68. The van der Waals surface area contributed by atoms with E-state index >= 15 is 0 Å². The molecule has 0 aliphatic rings. The van der Waals surface area contributed by atoms with Gasteiger partial charge in [0.1, 0.15) is 11.5 Å². The van der Waals surface area contributed by atoms with E-state index in [0.29, 0.717) is 5.76 Å². The summed E-state index contributed by atoms with van der Waals surface area (Å²) in [5, 5.41) is 11.2. The smallest absolute Gasteiger partial charge is 0.287 e. The molecule has 0 radical (unpaired) electrons. The largest absolute Gasteiger partial charge is 0.497 e. The fraction of sp³-hybridized carbons (Fsp3) is 0.214. The molecular formula is C14H15NO4. The molecule has 2 rings (SSSR count). The van der Waals surface area contributed by atoms with Crippen molar-refractivity contribution in [1.29, 1.82) is 0 Å². The van der Waals surface area contributed by atoms with Crippen LogP contribution in [-0.2, 0) is 0 Å². The van der Waals surface area contributed by atoms with E-state index < -0.39 is 0 Å². The van der Waals surface area contributed by atoms with E-state index in [4.69, 9.17) is 14.3 Å². The Morgan fingerprint density at radius 2 is 2.00 bits per heavy atom. The molecule has 100 valence electrons. The molecule has 0 spiro atoms. The van der Waals surface area contributed by atoms with Crippen LogP contribution in [0.4, 0.5) is 0 Å². The molecule has 0 bridgehead atoms. The van der Waals surface area contributed by atoms with Crippen molar-refractivity contribution in [2.45, 2.75) is 0 Å². The lowest BCUT2D eigenvalue weighted by atomic mass is 10.2. The lowest BCUT2D eigenvalue weighted by molar-refractivity contribution is 0.0918. The number of aliphatic hydroxyl groups is 1. The number of hydrogen-bond donors (Lipinski definition) is 2. The highest BCUT2D eigenvalue weighted by molar-refractivity contribution is 5.92. The summed E-state index contributed by atoms with van der Waals surface area (Å²) in [6.45, 7) is 0.106. The first-order chi connectivity index (χ1) is 9.24. The third kappa shape index (κ3) is 3.14. The number of ether oxygens (including phenoxy) is 1. The zero-order chi connectivity index (χ0) is 13.7. The first-order valence-corrected chi connectivity index (χ1v) is 5.88. The Morgan fingerprint density at radius 1 is 1.26 bits per heavy atom. The molecule has 1 amide bonds. The van der Waals surface area contributed by atoms with Crippen molar-refractivity contribution in [3.63, 3.8) is 0 Å². The summed E-state index contributed by atoms with van der Waals surface area (Å²) in [5.74, 6) is 1.25. The molecule has 0 aliphatic carbocycles. The molecule has 1 heterocycles. The second-order valence-corrected chi connectivity index (χ2v) is 3.87. The zero-order valence-electron chi connectivity index (χ0n) is 10.6. The fourth-order valence-corrected chi connectivity index (χ4v) is 1.63. The second kappa shape index (κ2) is 6.06. The van der Waals surface area contributed by atoms with Crippen LogP contribution in [0.15, 0.2) is 40.8 Å². The minimum atomic E-state index is -0.339. The Balaban J connectivity index is 2.13. The number of carbonyl (C=O) groups excluding carboxylic acids is 1. The lowest BCUT2D eigenvalue weighted by Gasteiger charge is -2.01. The van der Waals surface area contributed by atoms with Crippen molar-refractivity contribution < 1.29 is 19.1 Å². The first kappa shape index (κ1) is 13.2. The van der Waals surface area contributed by atoms with Gasteiger partial charge in [0.05, 0.1) is 13.7 Å². The quantitative estimate of drug-likeness (QED) is 0.859. The van der Waals surface area contributed by atoms with Crippen LogP contribution >= 0.6 is 0 Å². The fourth-order valence-electron chi connectivity index (χ4n) is 1.63. The van der Waals surface area contributed by atoms with Gasteiger partial charge in [0.2, 0.25) is 0 Å². The molecule has 1 aromatic heterocycles. The van der Waals surface area contributed by atoms with Crippen LogP contribution in [0.25, 0.3) is 11.3 Å². The van der Waals surface area contributed by atoms with Gasteiger partial charge in [-0.1, -0.05) is 0 Å². The van der Waals surface area contributed by atoms with E-state index in [2.05, 4.69) is 5.32 Å². The molecule has 0 aliphatic heterocycles. The highest BCUT2D eigenvalue weighted by atomic mass is 16.5. The van der Waals surface area contributed by atoms with Gasteiger partial charge in [-0.05, 0) is 36.4 Å². The van der Waals surface area contributed by atoms with Crippen LogP contribution in [0.3, 0.4) is 0 Å². The first-order valence-electron chi connectivity index (χ1n) is 5.88. The molecule has 2 aromatic rings. The van der Waals surface area contributed by atoms with E-state index in [9.17, 15) is 4.79 Å². The Labute approximate surface area is 110 Å². The number of furan rings is 1. The van der Waals surface area contributed by atoms with E-state index in [1.54, 1.807) is 19.2 Å². The molecule has 1 aromatic carbocycles. The predicted molar refractivity (Wildman–Crippen MR) is 70.1 cm³/mol. The van der Waals surface area contributed by atoms with Crippen molar-refractivity contribution in [2.24, 2.45) is 0 Å². The van der Waals surface area contributed by atoms with Gasteiger partial charge in [0.25, 0.3) is 5.91 Å². The van der Waals surface area contributed by atoms with Gasteiger partial charge in [0, 0.05) is 12.1 Å². The van der Waals surface area contributed by atoms with Crippen LogP contribution in [0.2, 0.25) is 0 Å². The highest BCUT2D eigenvalue weighted by Gasteiger charge is 2.11. The van der Waals surface area contributed by atoms with Gasteiger partial charge in [-0.2, -0.15) is 0 Å². The van der Waals surface area contributed by atoms with Crippen LogP contribution in [-0.4, -0.2) is 31.3 Å². The molecule has 0 unspecified atom stereocenters. The summed E-state index contributed by atoms with van der Waals surface area (Å²) < 4.78 is 10.5. The number of carbonyl (C=O) groups is 1. The Morgan fingerprint density at radius 3 is 2.63 bits per heavy atom. The molecule has 19 heavy (non-hydrogen) atoms. The van der Waals surface area contributed by atoms with E-state index in [1.807, 2.05) is 24.3 Å². The number of hydrogen-bond acceptors (Lipinski definition) is 4. The SMILES string of the molecule is COc1ccc(-c2ccc(C(=O)NCCO)o2)cc1. The molecule has 0 fully saturated rings. The Kier molecular flexibility index (Phi) is 4.20. The minimum Gasteiger partial charge on any atom is -0.497 e. The number of benzene rings is 1. The van der Waals surface area contributed by atoms with Crippen LogP contribution in [0, 0.1) is 0 Å². The topological polar surface area (TPSA) is 71.7 Å². The molecule has 0 saturated heterocycles. The molecule has 5 nitrogen and oxygen atoms in total. The monoisotopic (exact) mass is 261 g/mol. The van der Waals surface area contributed by atoms with E-state index in [1.165, 1.54) is 0 Å². The maximum atomic E-state index is 11.6. The summed E-state index contributed by atoms with van der Waals surface area (Å²) >= 11 is 0. The third-order valence-corrected chi connectivity index (χ3v) is 2.60. The van der Waals surface area contributed by atoms with Gasteiger partial charge < -0.3 is 19.6 Å². The minimum absolute atomic E-state index is 0.0994. The van der Waals surface area contributed by atoms with Gasteiger partial charge >= 0.3 is 0 Å². The second-order valence-electron chi connectivity index (χ2n) is 3.87. The lowest BCUT2D eigenvalue weighted by Crippen LogP contribution is -2.25. The number of aliphatic hydroxyl groups excluding tert-OH is 1. The Bertz CT molecular complexity index is 545. The van der Waals surface area contributed by atoms with Crippen molar-refractivity contribution in [3.8, 4) is 17.1 Å². The van der Waals surface area contributed by atoms with Crippen LogP contribution in [0.5, 0.6) is 5.75 Å². The van der Waals surface area contributed by atoms with E-state index in [-0.39, 0.29) is 24.8 Å². The molecule has 5 heteroatoms. The van der Waals surface area contributed by atoms with Crippen molar-refractivity contribution in [2.75, 3.05) is 20.3 Å². The van der Waals surface area contributed by atoms with Gasteiger partial charge in [-0.15, -0.1) is 0 Å². The molecule has 0 saturated carbocycles. The van der Waals surface area contributed by atoms with Crippen molar-refractivity contribution >= 4 is 5.91 Å². The number of amides is 1. The van der Waals surface area contributed by atoms with E-state index in [0.717, 1.165) is 11.3 Å². The summed E-state index contributed by atoms with van der Waals surface area (Å²) in [6.07, 6.45) is 0. The summed E-state index contributed by atoms with van der Waals surface area (Å²) in [5.41, 5.74) is 0.863. The maximum absolute atomic E-state index is 11.6. The molecule has 0 atom stereocenters. The zero-order valence-corrected chi connectivity index (χ0v) is 10.6. The highest BCUT2D eigenvalue weighted by Crippen LogP contribution is 2.24. The standard InChI is InChI=1S/C14H15NO4/c1-18-11-4-2-10(3-5-11)12-6-7-13(19-12)14(17)15-8-9-16/h2-7,16H,8-9H2,1H3,(H,15,17). The van der Waals surface area contributed by atoms with Crippen molar-refractivity contribution in [1.82, 2.24) is 5.32 Å². The van der Waals surface area contributed by atoms with Crippen LogP contribution < -0.4 is 10.1 Å². The normalized spacial score (nSPS) is 10.2. The average Bonchev–Trinajstić information content (AvgIpc) is 2.94. The summed E-state index contributed by atoms with van der Waals surface area (Å²) in [6, 6.07) is 10.7. The summed E-state index contributed by atoms with van der Waals surface area (Å²) in [7, 11) is 1.60. The van der Waals surface area contributed by atoms with Gasteiger partial charge in [-0.3, -0.25) is 4.79 Å². The molecule has 2 N–H and O–H groups in total. The summed E-state index contributed by atoms with van der Waals surface area (Å²) in [4.78, 5) is 11.6. The van der Waals surface area contributed by atoms with Crippen LogP contribution in [0.1, 0.15) is 10.6 Å². The maximum Gasteiger partial charge on any atom is 0.287 e. The van der Waals surface area contributed by atoms with Gasteiger partial charge in [0.15, 0.2) is 5.76 Å². The number of rotatable bonds is 5. The average molecular weight is 261 g/mol. The number of methoxy groups -OCH3 is 1. The molecular weight excluding hydrogens is 246 g/mol. The van der Waals surface area contributed by atoms with Gasteiger partial charge in [-0.25, -0.2) is 0 Å². The van der Waals surface area contributed by atoms with Crippen molar-refractivity contribution in [3.05, 3.63) is 42.2 Å². The number of nitrogens with one attached hydrogen (secondary N) is 1.